The van der Waals surface area contributed by atoms with Gasteiger partial charge in [-0.2, -0.15) is 5.10 Å². The van der Waals surface area contributed by atoms with Gasteiger partial charge in [0.05, 0.1) is 32.6 Å². The molecular weight excluding hydrogens is 434 g/mol. The van der Waals surface area contributed by atoms with E-state index >= 15 is 0 Å². The monoisotopic (exact) mass is 455 g/mol. The van der Waals surface area contributed by atoms with E-state index in [4.69, 9.17) is 10.1 Å². The fourth-order valence-corrected chi connectivity index (χ4v) is 4.81. The van der Waals surface area contributed by atoms with Crippen LogP contribution in [-0.2, 0) is 10.0 Å². The molecule has 8 nitrogen and oxygen atoms in total. The van der Waals surface area contributed by atoms with Crippen LogP contribution in [0.25, 0.3) is 21.6 Å². The van der Waals surface area contributed by atoms with Gasteiger partial charge in [0, 0.05) is 11.7 Å². The second-order valence-corrected chi connectivity index (χ2v) is 9.91. The zero-order valence-electron chi connectivity index (χ0n) is 17.2. The van der Waals surface area contributed by atoms with Gasteiger partial charge >= 0.3 is 0 Å². The zero-order chi connectivity index (χ0) is 22.3. The van der Waals surface area contributed by atoms with Crippen LogP contribution in [0.15, 0.2) is 52.9 Å². The first-order chi connectivity index (χ1) is 14.6. The molecule has 0 radical (unpaired) electrons. The quantitative estimate of drug-likeness (QED) is 0.472. The third-order valence-electron chi connectivity index (χ3n) is 4.83. The Kier molecular flexibility index (Phi) is 5.38. The van der Waals surface area contributed by atoms with E-state index in [0.717, 1.165) is 4.88 Å². The number of nitrogens with two attached hydrogens (primary N) is 1. The lowest BCUT2D eigenvalue weighted by molar-refractivity contribution is 0.102. The Labute approximate surface area is 183 Å². The molecule has 0 saturated heterocycles. The molecule has 4 aromatic rings. The molecule has 3 aromatic heterocycles. The van der Waals surface area contributed by atoms with Gasteiger partial charge in [0.15, 0.2) is 5.65 Å². The lowest BCUT2D eigenvalue weighted by Gasteiger charge is -2.11. The number of pyridine rings is 1. The van der Waals surface area contributed by atoms with Gasteiger partial charge in [0.25, 0.3) is 5.91 Å². The van der Waals surface area contributed by atoms with E-state index in [1.54, 1.807) is 36.0 Å². The summed E-state index contributed by atoms with van der Waals surface area (Å²) in [6.45, 7) is 5.63. The lowest BCUT2D eigenvalue weighted by Crippen LogP contribution is -2.16. The van der Waals surface area contributed by atoms with E-state index in [9.17, 15) is 13.2 Å². The highest BCUT2D eigenvalue weighted by Crippen LogP contribution is 2.29. The van der Waals surface area contributed by atoms with Crippen molar-refractivity contribution >= 4 is 44.0 Å². The fourth-order valence-electron chi connectivity index (χ4n) is 3.32. The highest BCUT2D eigenvalue weighted by molar-refractivity contribution is 7.89. The molecule has 0 aliphatic heterocycles. The first kappa shape index (κ1) is 21.2. The maximum atomic E-state index is 13.2. The lowest BCUT2D eigenvalue weighted by atomic mass is 10.1. The number of sulfonamides is 1. The number of amides is 1. The topological polar surface area (TPSA) is 120 Å². The van der Waals surface area contributed by atoms with Crippen LogP contribution in [0.3, 0.4) is 0 Å². The molecular formula is C21H21N5O3S2. The summed E-state index contributed by atoms with van der Waals surface area (Å²) in [5.41, 5.74) is 2.52. The van der Waals surface area contributed by atoms with E-state index < -0.39 is 15.9 Å². The van der Waals surface area contributed by atoms with Crippen molar-refractivity contribution in [3.63, 3.8) is 0 Å². The molecule has 0 aliphatic rings. The average molecular weight is 456 g/mol. The molecule has 0 atom stereocenters. The first-order valence-corrected chi connectivity index (χ1v) is 11.9. The summed E-state index contributed by atoms with van der Waals surface area (Å²) in [5.74, 6) is -0.391. The largest absolute Gasteiger partial charge is 0.322 e. The smallest absolute Gasteiger partial charge is 0.256 e. The molecule has 1 aromatic carbocycles. The number of rotatable bonds is 5. The van der Waals surface area contributed by atoms with Crippen LogP contribution in [0.4, 0.5) is 5.69 Å². The SMILES string of the molecule is Cc1ccc(NC(=O)c2cc(-c3cccs3)nc3c2cnn3C(C)C)cc1S(N)(=O)=O. The maximum Gasteiger partial charge on any atom is 0.256 e. The second-order valence-electron chi connectivity index (χ2n) is 7.43. The minimum absolute atomic E-state index is 0.0305. The van der Waals surface area contributed by atoms with Crippen molar-refractivity contribution in [2.75, 3.05) is 5.32 Å². The Hall–Kier alpha value is -3.08. The number of nitrogens with zero attached hydrogens (tertiary/aromatic N) is 3. The Balaban J connectivity index is 1.81. The van der Waals surface area contributed by atoms with E-state index in [2.05, 4.69) is 10.4 Å². The fraction of sp³-hybridized carbons (Fsp3) is 0.190. The Morgan fingerprint density at radius 1 is 1.23 bits per heavy atom. The maximum absolute atomic E-state index is 13.2. The molecule has 31 heavy (non-hydrogen) atoms. The number of anilines is 1. The van der Waals surface area contributed by atoms with Crippen LogP contribution in [0.1, 0.15) is 35.8 Å². The molecule has 3 heterocycles. The van der Waals surface area contributed by atoms with Crippen molar-refractivity contribution in [3.05, 3.63) is 59.1 Å². The molecule has 0 spiro atoms. The number of hydrogen-bond acceptors (Lipinski definition) is 6. The average Bonchev–Trinajstić information content (AvgIpc) is 3.37. The first-order valence-electron chi connectivity index (χ1n) is 9.52. The molecule has 0 unspecified atom stereocenters. The van der Waals surface area contributed by atoms with Crippen LogP contribution < -0.4 is 10.5 Å². The van der Waals surface area contributed by atoms with Crippen LogP contribution >= 0.6 is 11.3 Å². The minimum atomic E-state index is -3.91. The number of aryl methyl sites for hydroxylation is 1. The predicted octanol–water partition coefficient (Wildman–Crippen LogP) is 3.95. The molecule has 10 heteroatoms. The van der Waals surface area contributed by atoms with Gasteiger partial charge in [-0.1, -0.05) is 12.1 Å². The second kappa shape index (κ2) is 7.88. The van der Waals surface area contributed by atoms with Crippen molar-refractivity contribution in [1.82, 2.24) is 14.8 Å². The molecule has 1 amide bonds. The summed E-state index contributed by atoms with van der Waals surface area (Å²) in [6.07, 6.45) is 1.63. The van der Waals surface area contributed by atoms with Gasteiger partial charge in [0.2, 0.25) is 10.0 Å². The predicted molar refractivity (Wildman–Crippen MR) is 122 cm³/mol. The van der Waals surface area contributed by atoms with Crippen molar-refractivity contribution in [2.45, 2.75) is 31.7 Å². The number of thiophene rings is 1. The number of hydrogen-bond donors (Lipinski definition) is 2. The number of carbonyl (C=O) groups is 1. The molecule has 0 aliphatic carbocycles. The van der Waals surface area contributed by atoms with Crippen LogP contribution in [0.5, 0.6) is 0 Å². The molecule has 160 valence electrons. The van der Waals surface area contributed by atoms with Gasteiger partial charge in [-0.25, -0.2) is 23.2 Å². The number of carbonyl (C=O) groups excluding carboxylic acids is 1. The standard InChI is InChI=1S/C21H21N5O3S2/c1-12(2)26-20-16(11-23-26)15(10-17(25-20)18-5-4-8-30-18)21(27)24-14-7-6-13(3)19(9-14)31(22,28)29/h4-12H,1-3H3,(H,24,27)(H2,22,28,29). The number of primary sulfonamides is 1. The summed E-state index contributed by atoms with van der Waals surface area (Å²) >= 11 is 1.53. The Bertz CT molecular complexity index is 1390. The summed E-state index contributed by atoms with van der Waals surface area (Å²) in [4.78, 5) is 18.9. The van der Waals surface area contributed by atoms with Gasteiger partial charge in [0.1, 0.15) is 0 Å². The molecule has 0 bridgehead atoms. The van der Waals surface area contributed by atoms with E-state index in [1.807, 2.05) is 31.4 Å². The van der Waals surface area contributed by atoms with E-state index in [-0.39, 0.29) is 10.9 Å². The summed E-state index contributed by atoms with van der Waals surface area (Å²) in [7, 11) is -3.91. The van der Waals surface area contributed by atoms with Gasteiger partial charge < -0.3 is 5.32 Å². The van der Waals surface area contributed by atoms with Crippen molar-refractivity contribution < 1.29 is 13.2 Å². The minimum Gasteiger partial charge on any atom is -0.322 e. The number of aromatic nitrogens is 3. The Morgan fingerprint density at radius 3 is 2.65 bits per heavy atom. The molecule has 0 fully saturated rings. The summed E-state index contributed by atoms with van der Waals surface area (Å²) < 4.78 is 25.4. The van der Waals surface area contributed by atoms with Crippen LogP contribution in [-0.4, -0.2) is 29.1 Å². The van der Waals surface area contributed by atoms with Gasteiger partial charge in [-0.15, -0.1) is 11.3 Å². The van der Waals surface area contributed by atoms with Crippen molar-refractivity contribution in [3.8, 4) is 10.6 Å². The van der Waals surface area contributed by atoms with Gasteiger partial charge in [-0.3, -0.25) is 4.79 Å². The number of fused-ring (bicyclic) bond motifs is 1. The third-order valence-corrected chi connectivity index (χ3v) is 6.77. The van der Waals surface area contributed by atoms with Crippen LogP contribution in [0.2, 0.25) is 0 Å². The van der Waals surface area contributed by atoms with Gasteiger partial charge in [-0.05, 0) is 56.0 Å². The summed E-state index contributed by atoms with van der Waals surface area (Å²) in [5, 5.41) is 15.0. The highest BCUT2D eigenvalue weighted by atomic mass is 32.2. The van der Waals surface area contributed by atoms with Crippen molar-refractivity contribution in [2.24, 2.45) is 5.14 Å². The molecule has 0 saturated carbocycles. The normalized spacial score (nSPS) is 11.9. The van der Waals surface area contributed by atoms with E-state index in [0.29, 0.717) is 33.5 Å². The summed E-state index contributed by atoms with van der Waals surface area (Å²) in [6, 6.07) is 10.3. The van der Waals surface area contributed by atoms with Crippen LogP contribution in [0, 0.1) is 6.92 Å². The number of nitrogens with one attached hydrogen (secondary N) is 1. The Morgan fingerprint density at radius 2 is 2.00 bits per heavy atom. The third kappa shape index (κ3) is 4.09. The number of benzene rings is 1. The highest BCUT2D eigenvalue weighted by Gasteiger charge is 2.20. The van der Waals surface area contributed by atoms with E-state index in [1.165, 1.54) is 17.4 Å². The van der Waals surface area contributed by atoms with Crippen molar-refractivity contribution in [1.29, 1.82) is 0 Å². The zero-order valence-corrected chi connectivity index (χ0v) is 18.8. The molecule has 4 rings (SSSR count). The molecule has 3 N–H and O–H groups in total.